The van der Waals surface area contributed by atoms with Crippen LogP contribution in [0.4, 0.5) is 4.39 Å². The average molecular weight is 283 g/mol. The summed E-state index contributed by atoms with van der Waals surface area (Å²) in [6.07, 6.45) is 0. The highest BCUT2D eigenvalue weighted by molar-refractivity contribution is 5.77. The predicted octanol–water partition coefficient (Wildman–Crippen LogP) is 2.37. The van der Waals surface area contributed by atoms with Crippen LogP contribution in [-0.4, -0.2) is 19.1 Å². The molecule has 2 aromatic carbocycles. The average Bonchev–Trinajstić information content (AvgIpc) is 2.52. The van der Waals surface area contributed by atoms with Crippen molar-refractivity contribution in [2.75, 3.05) is 13.2 Å². The highest BCUT2D eigenvalue weighted by Gasteiger charge is 2.04. The molecule has 106 valence electrons. The molecule has 1 amide bonds. The van der Waals surface area contributed by atoms with Gasteiger partial charge in [-0.25, -0.2) is 4.39 Å². The summed E-state index contributed by atoms with van der Waals surface area (Å²) in [5.74, 6) is 4.97. The smallest absolute Gasteiger partial charge is 0.258 e. The fraction of sp³-hybridized carbons (Fsp3) is 0.118. The van der Waals surface area contributed by atoms with Crippen molar-refractivity contribution >= 4 is 5.91 Å². The second-order valence-electron chi connectivity index (χ2n) is 4.16. The highest BCUT2D eigenvalue weighted by atomic mass is 19.1. The number of nitrogens with one attached hydrogen (secondary N) is 1. The number of carbonyl (C=O) groups is 1. The summed E-state index contributed by atoms with van der Waals surface area (Å²) in [6.45, 7) is -0.0255. The monoisotopic (exact) mass is 283 g/mol. The van der Waals surface area contributed by atoms with Crippen LogP contribution in [0.2, 0.25) is 0 Å². The van der Waals surface area contributed by atoms with Crippen molar-refractivity contribution < 1.29 is 13.9 Å². The molecule has 2 aromatic rings. The molecule has 0 spiro atoms. The van der Waals surface area contributed by atoms with Crippen LogP contribution in [0.5, 0.6) is 5.75 Å². The van der Waals surface area contributed by atoms with Crippen LogP contribution in [-0.2, 0) is 4.79 Å². The summed E-state index contributed by atoms with van der Waals surface area (Å²) >= 11 is 0. The molecule has 0 radical (unpaired) electrons. The number of hydrogen-bond acceptors (Lipinski definition) is 2. The Hall–Kier alpha value is -2.80. The van der Waals surface area contributed by atoms with Crippen LogP contribution in [0, 0.1) is 17.7 Å². The zero-order valence-electron chi connectivity index (χ0n) is 11.3. The zero-order valence-corrected chi connectivity index (χ0v) is 11.3. The Labute approximate surface area is 122 Å². The minimum atomic E-state index is -0.492. The van der Waals surface area contributed by atoms with Gasteiger partial charge in [-0.05, 0) is 24.3 Å². The SMILES string of the molecule is O=C(COc1ccccc1F)NCC#Cc1ccccc1. The third-order valence-electron chi connectivity index (χ3n) is 2.58. The molecule has 0 saturated heterocycles. The van der Waals surface area contributed by atoms with Gasteiger partial charge < -0.3 is 10.1 Å². The maximum atomic E-state index is 13.3. The van der Waals surface area contributed by atoms with Crippen molar-refractivity contribution in [3.05, 3.63) is 66.0 Å². The standard InChI is InChI=1S/C17H14FNO2/c18-15-10-4-5-11-16(15)21-13-17(20)19-12-6-9-14-7-2-1-3-8-14/h1-5,7-8,10-11H,12-13H2,(H,19,20). The number of para-hydroxylation sites is 1. The highest BCUT2D eigenvalue weighted by Crippen LogP contribution is 2.14. The number of rotatable bonds is 4. The van der Waals surface area contributed by atoms with E-state index in [1.807, 2.05) is 30.3 Å². The molecule has 0 aromatic heterocycles. The fourth-order valence-corrected chi connectivity index (χ4v) is 1.57. The third kappa shape index (κ3) is 5.00. The van der Waals surface area contributed by atoms with E-state index in [2.05, 4.69) is 17.2 Å². The van der Waals surface area contributed by atoms with Crippen LogP contribution in [0.25, 0.3) is 0 Å². The van der Waals surface area contributed by atoms with Gasteiger partial charge in [0.2, 0.25) is 0 Å². The van der Waals surface area contributed by atoms with Crippen molar-refractivity contribution in [1.82, 2.24) is 5.32 Å². The maximum Gasteiger partial charge on any atom is 0.258 e. The van der Waals surface area contributed by atoms with Gasteiger partial charge in [0.05, 0.1) is 6.54 Å². The van der Waals surface area contributed by atoms with Gasteiger partial charge in [0.15, 0.2) is 18.2 Å². The van der Waals surface area contributed by atoms with E-state index in [1.54, 1.807) is 12.1 Å². The first-order valence-electron chi connectivity index (χ1n) is 6.43. The molecule has 0 aliphatic heterocycles. The molecule has 0 aliphatic rings. The largest absolute Gasteiger partial charge is 0.481 e. The lowest BCUT2D eigenvalue weighted by Crippen LogP contribution is -2.29. The van der Waals surface area contributed by atoms with Crippen molar-refractivity contribution in [2.24, 2.45) is 0 Å². The minimum absolute atomic E-state index is 0.0584. The Kier molecular flexibility index (Phi) is 5.36. The van der Waals surface area contributed by atoms with Crippen molar-refractivity contribution in [3.63, 3.8) is 0 Å². The van der Waals surface area contributed by atoms with E-state index < -0.39 is 5.82 Å². The van der Waals surface area contributed by atoms with Crippen molar-refractivity contribution in [1.29, 1.82) is 0 Å². The topological polar surface area (TPSA) is 38.3 Å². The predicted molar refractivity (Wildman–Crippen MR) is 78.2 cm³/mol. The summed E-state index contributed by atoms with van der Waals surface area (Å²) < 4.78 is 18.3. The van der Waals surface area contributed by atoms with E-state index in [-0.39, 0.29) is 24.8 Å². The molecular formula is C17H14FNO2. The molecule has 3 nitrogen and oxygen atoms in total. The number of amides is 1. The quantitative estimate of drug-likeness (QED) is 0.875. The number of halogens is 1. The summed E-state index contributed by atoms with van der Waals surface area (Å²) in [5, 5.41) is 2.58. The molecule has 0 atom stereocenters. The van der Waals surface area contributed by atoms with Gasteiger partial charge in [-0.2, -0.15) is 0 Å². The van der Waals surface area contributed by atoms with Gasteiger partial charge in [-0.3, -0.25) is 4.79 Å². The van der Waals surface area contributed by atoms with E-state index in [4.69, 9.17) is 4.74 Å². The normalized spacial score (nSPS) is 9.38. The number of ether oxygens (including phenoxy) is 1. The second kappa shape index (κ2) is 7.71. The van der Waals surface area contributed by atoms with Gasteiger partial charge >= 0.3 is 0 Å². The van der Waals surface area contributed by atoms with Gasteiger partial charge in [0, 0.05) is 5.56 Å². The molecule has 2 rings (SSSR count). The van der Waals surface area contributed by atoms with Crippen LogP contribution in [0.1, 0.15) is 5.56 Å². The lowest BCUT2D eigenvalue weighted by Gasteiger charge is -2.06. The van der Waals surface area contributed by atoms with E-state index in [9.17, 15) is 9.18 Å². The molecular weight excluding hydrogens is 269 g/mol. The summed E-state index contributed by atoms with van der Waals surface area (Å²) in [5.41, 5.74) is 0.884. The molecule has 0 unspecified atom stereocenters. The zero-order chi connectivity index (χ0) is 14.9. The van der Waals surface area contributed by atoms with E-state index >= 15 is 0 Å². The van der Waals surface area contributed by atoms with Crippen LogP contribution >= 0.6 is 0 Å². The molecule has 0 saturated carbocycles. The molecule has 1 N–H and O–H groups in total. The fourth-order valence-electron chi connectivity index (χ4n) is 1.57. The van der Waals surface area contributed by atoms with Gasteiger partial charge in [0.25, 0.3) is 5.91 Å². The Morgan fingerprint density at radius 2 is 1.81 bits per heavy atom. The lowest BCUT2D eigenvalue weighted by molar-refractivity contribution is -0.122. The number of carbonyl (C=O) groups excluding carboxylic acids is 1. The van der Waals surface area contributed by atoms with Crippen LogP contribution in [0.15, 0.2) is 54.6 Å². The van der Waals surface area contributed by atoms with Crippen molar-refractivity contribution in [3.8, 4) is 17.6 Å². The van der Waals surface area contributed by atoms with Gasteiger partial charge in [-0.15, -0.1) is 0 Å². The molecule has 0 fully saturated rings. The Bertz CT molecular complexity index is 659. The summed E-state index contributed by atoms with van der Waals surface area (Å²) in [6, 6.07) is 15.4. The maximum absolute atomic E-state index is 13.3. The van der Waals surface area contributed by atoms with Crippen molar-refractivity contribution in [2.45, 2.75) is 0 Å². The number of hydrogen-bond donors (Lipinski definition) is 1. The minimum Gasteiger partial charge on any atom is -0.481 e. The van der Waals surface area contributed by atoms with E-state index in [0.29, 0.717) is 0 Å². The number of benzene rings is 2. The molecule has 0 bridgehead atoms. The first-order valence-corrected chi connectivity index (χ1v) is 6.43. The van der Waals surface area contributed by atoms with Gasteiger partial charge in [0.1, 0.15) is 0 Å². The summed E-state index contributed by atoms with van der Waals surface area (Å²) in [7, 11) is 0. The van der Waals surface area contributed by atoms with E-state index in [1.165, 1.54) is 12.1 Å². The van der Waals surface area contributed by atoms with Gasteiger partial charge in [-0.1, -0.05) is 42.2 Å². The Balaban J connectivity index is 1.74. The summed E-state index contributed by atoms with van der Waals surface area (Å²) in [4.78, 5) is 11.5. The van der Waals surface area contributed by atoms with Crippen LogP contribution < -0.4 is 10.1 Å². The Morgan fingerprint density at radius 1 is 1.10 bits per heavy atom. The molecule has 0 aliphatic carbocycles. The molecule has 21 heavy (non-hydrogen) atoms. The van der Waals surface area contributed by atoms with E-state index in [0.717, 1.165) is 5.56 Å². The molecule has 0 heterocycles. The molecule has 4 heteroatoms. The second-order valence-corrected chi connectivity index (χ2v) is 4.16. The first kappa shape index (κ1) is 14.6. The Morgan fingerprint density at radius 3 is 2.57 bits per heavy atom. The third-order valence-corrected chi connectivity index (χ3v) is 2.58. The first-order chi connectivity index (χ1) is 10.3. The lowest BCUT2D eigenvalue weighted by atomic mass is 10.2. The van der Waals surface area contributed by atoms with Crippen LogP contribution in [0.3, 0.4) is 0 Å².